The molecular weight excluding hydrogens is 567 g/mol. The Labute approximate surface area is 247 Å². The van der Waals surface area contributed by atoms with E-state index in [1.807, 2.05) is 54.6 Å². The largest absolute Gasteiger partial charge is 0.467 e. The topological polar surface area (TPSA) is 126 Å². The zero-order valence-electron chi connectivity index (χ0n) is 22.3. The van der Waals surface area contributed by atoms with Crippen LogP contribution in [-0.4, -0.2) is 43.5 Å². The highest BCUT2D eigenvalue weighted by Crippen LogP contribution is 2.32. The maximum atomic E-state index is 13.2. The van der Waals surface area contributed by atoms with Gasteiger partial charge in [0.15, 0.2) is 0 Å². The van der Waals surface area contributed by atoms with E-state index in [0.29, 0.717) is 6.42 Å². The molecule has 41 heavy (non-hydrogen) atoms. The molecule has 0 bridgehead atoms. The third-order valence-corrected chi connectivity index (χ3v) is 7.48. The highest BCUT2D eigenvalue weighted by Gasteiger charge is 2.28. The molecule has 0 spiro atoms. The molecule has 0 radical (unpaired) electrons. The van der Waals surface area contributed by atoms with Crippen molar-refractivity contribution < 1.29 is 23.9 Å². The van der Waals surface area contributed by atoms with Crippen molar-refractivity contribution in [3.05, 3.63) is 99.0 Å². The number of urea groups is 1. The fourth-order valence-electron chi connectivity index (χ4n) is 4.65. The van der Waals surface area contributed by atoms with Crippen molar-refractivity contribution >= 4 is 52.7 Å². The Bertz CT molecular complexity index is 1430. The summed E-state index contributed by atoms with van der Waals surface area (Å²) in [5, 5.41) is 10.7. The average Bonchev–Trinajstić information content (AvgIpc) is 3.38. The van der Waals surface area contributed by atoms with Gasteiger partial charge in [0, 0.05) is 6.42 Å². The average molecular weight is 597 g/mol. The number of hydrogen-bond acceptors (Lipinski definition) is 5. The highest BCUT2D eigenvalue weighted by molar-refractivity contribution is 6.41. The summed E-state index contributed by atoms with van der Waals surface area (Å²) in [6.07, 6.45) is 2.35. The second-order valence-corrected chi connectivity index (χ2v) is 10.3. The van der Waals surface area contributed by atoms with E-state index in [1.54, 1.807) is 0 Å². The van der Waals surface area contributed by atoms with Crippen LogP contribution in [0.5, 0.6) is 0 Å². The summed E-state index contributed by atoms with van der Waals surface area (Å²) < 4.78 is 4.81. The lowest BCUT2D eigenvalue weighted by molar-refractivity contribution is -0.142. The zero-order valence-corrected chi connectivity index (χ0v) is 23.9. The number of halogens is 2. The predicted octanol–water partition coefficient (Wildman–Crippen LogP) is 4.82. The molecule has 0 saturated carbocycles. The van der Waals surface area contributed by atoms with Crippen molar-refractivity contribution in [2.45, 2.75) is 37.8 Å². The number of benzene rings is 3. The van der Waals surface area contributed by atoms with E-state index in [0.717, 1.165) is 24.0 Å². The van der Waals surface area contributed by atoms with E-state index in [-0.39, 0.29) is 46.2 Å². The van der Waals surface area contributed by atoms with Gasteiger partial charge in [0.05, 0.1) is 41.0 Å². The molecule has 1 aliphatic rings. The normalized spacial score (nSPS) is 14.4. The number of anilines is 1. The van der Waals surface area contributed by atoms with Gasteiger partial charge in [-0.05, 0) is 48.1 Å². The van der Waals surface area contributed by atoms with Crippen molar-refractivity contribution in [2.75, 3.05) is 19.0 Å². The van der Waals surface area contributed by atoms with Gasteiger partial charge in [0.25, 0.3) is 5.91 Å². The van der Waals surface area contributed by atoms with E-state index < -0.39 is 23.9 Å². The number of esters is 1. The summed E-state index contributed by atoms with van der Waals surface area (Å²) in [7, 11) is 1.17. The van der Waals surface area contributed by atoms with Gasteiger partial charge in [0.1, 0.15) is 6.04 Å². The Balaban J connectivity index is 1.37. The molecular formula is C30H30Cl2N4O5. The summed E-state index contributed by atoms with van der Waals surface area (Å²) in [6, 6.07) is 18.5. The standard InChI is InChI=1S/C30H30Cl2N4O5/c1-41-29(39)24(17-33-30(40)36-22-14-12-19-9-5-6-10-20(19)22)35-28(38)26-21(31)13-15-23(27(26)32)34-25(37)16-11-18-7-3-2-4-8-18/h2-10,13,15,22,24H,11-12,14,16-17H2,1H3,(H,34,37)(H,35,38)(H2,33,36,40)/t22-,24+/m1/s1. The van der Waals surface area contributed by atoms with Gasteiger partial charge in [-0.2, -0.15) is 0 Å². The van der Waals surface area contributed by atoms with E-state index in [2.05, 4.69) is 21.3 Å². The van der Waals surface area contributed by atoms with Gasteiger partial charge >= 0.3 is 12.0 Å². The number of ether oxygens (including phenoxy) is 1. The number of hydrogen-bond donors (Lipinski definition) is 4. The zero-order chi connectivity index (χ0) is 29.4. The Morgan fingerprint density at radius 2 is 1.71 bits per heavy atom. The van der Waals surface area contributed by atoms with Crippen molar-refractivity contribution in [2.24, 2.45) is 0 Å². The molecule has 4 amide bonds. The third-order valence-electron chi connectivity index (χ3n) is 6.77. The van der Waals surface area contributed by atoms with Gasteiger partial charge in [-0.25, -0.2) is 9.59 Å². The molecule has 9 nitrogen and oxygen atoms in total. The van der Waals surface area contributed by atoms with Crippen LogP contribution in [0.1, 0.15) is 45.9 Å². The first-order valence-corrected chi connectivity index (χ1v) is 13.8. The molecule has 0 heterocycles. The van der Waals surface area contributed by atoms with Crippen molar-refractivity contribution in [3.8, 4) is 0 Å². The minimum Gasteiger partial charge on any atom is -0.467 e. The minimum atomic E-state index is -1.23. The van der Waals surface area contributed by atoms with Crippen LogP contribution < -0.4 is 21.3 Å². The minimum absolute atomic E-state index is 0.0176. The fourth-order valence-corrected chi connectivity index (χ4v) is 5.24. The Morgan fingerprint density at radius 1 is 0.976 bits per heavy atom. The molecule has 4 N–H and O–H groups in total. The molecule has 0 aliphatic heterocycles. The number of carbonyl (C=O) groups is 4. The van der Waals surface area contributed by atoms with Crippen LogP contribution in [-0.2, 0) is 27.2 Å². The number of carbonyl (C=O) groups excluding carboxylic acids is 4. The van der Waals surface area contributed by atoms with Crippen LogP contribution in [0, 0.1) is 0 Å². The summed E-state index contributed by atoms with van der Waals surface area (Å²) in [4.78, 5) is 50.8. The van der Waals surface area contributed by atoms with E-state index >= 15 is 0 Å². The van der Waals surface area contributed by atoms with E-state index in [4.69, 9.17) is 27.9 Å². The SMILES string of the molecule is COC(=O)[C@H](CNC(=O)N[C@@H]1CCc2ccccc21)NC(=O)c1c(Cl)ccc(NC(=O)CCc2ccccc2)c1Cl. The summed E-state index contributed by atoms with van der Waals surface area (Å²) in [5.74, 6) is -1.85. The molecule has 0 unspecified atom stereocenters. The predicted molar refractivity (Wildman–Crippen MR) is 157 cm³/mol. The van der Waals surface area contributed by atoms with E-state index in [9.17, 15) is 19.2 Å². The second-order valence-electron chi connectivity index (χ2n) is 9.51. The molecule has 0 fully saturated rings. The van der Waals surface area contributed by atoms with Gasteiger partial charge < -0.3 is 26.0 Å². The molecule has 3 aromatic carbocycles. The maximum absolute atomic E-state index is 13.2. The molecule has 0 saturated heterocycles. The van der Waals surface area contributed by atoms with Gasteiger partial charge in [-0.3, -0.25) is 9.59 Å². The smallest absolute Gasteiger partial charge is 0.330 e. The number of nitrogens with one attached hydrogen (secondary N) is 4. The first-order valence-electron chi connectivity index (χ1n) is 13.1. The van der Waals surface area contributed by atoms with Crippen LogP contribution in [0.2, 0.25) is 10.0 Å². The first-order chi connectivity index (χ1) is 19.8. The van der Waals surface area contributed by atoms with Gasteiger partial charge in [-0.1, -0.05) is 77.8 Å². The molecule has 0 aromatic heterocycles. The quantitative estimate of drug-likeness (QED) is 0.250. The van der Waals surface area contributed by atoms with Crippen LogP contribution in [0.3, 0.4) is 0 Å². The fraction of sp³-hybridized carbons (Fsp3) is 0.267. The van der Waals surface area contributed by atoms with Crippen molar-refractivity contribution in [3.63, 3.8) is 0 Å². The Kier molecular flexibility index (Phi) is 10.2. The Morgan fingerprint density at radius 3 is 2.46 bits per heavy atom. The number of rotatable bonds is 10. The molecule has 4 rings (SSSR count). The Hall–Kier alpha value is -4.08. The van der Waals surface area contributed by atoms with Crippen LogP contribution in [0.25, 0.3) is 0 Å². The lowest BCUT2D eigenvalue weighted by Crippen LogP contribution is -2.51. The maximum Gasteiger partial charge on any atom is 0.330 e. The van der Waals surface area contributed by atoms with E-state index in [1.165, 1.54) is 24.8 Å². The van der Waals surface area contributed by atoms with Crippen LogP contribution >= 0.6 is 23.2 Å². The summed E-state index contributed by atoms with van der Waals surface area (Å²) >= 11 is 12.8. The summed E-state index contributed by atoms with van der Waals surface area (Å²) in [6.45, 7) is -0.246. The van der Waals surface area contributed by atoms with Crippen LogP contribution in [0.4, 0.5) is 10.5 Å². The number of amides is 4. The lowest BCUT2D eigenvalue weighted by Gasteiger charge is -2.20. The molecule has 2 atom stereocenters. The molecule has 11 heteroatoms. The molecule has 3 aromatic rings. The highest BCUT2D eigenvalue weighted by atomic mass is 35.5. The second kappa shape index (κ2) is 14.0. The number of fused-ring (bicyclic) bond motifs is 1. The van der Waals surface area contributed by atoms with Crippen molar-refractivity contribution in [1.29, 1.82) is 0 Å². The lowest BCUT2D eigenvalue weighted by atomic mass is 10.1. The van der Waals surface area contributed by atoms with Gasteiger partial charge in [-0.15, -0.1) is 0 Å². The van der Waals surface area contributed by atoms with Crippen molar-refractivity contribution in [1.82, 2.24) is 16.0 Å². The van der Waals surface area contributed by atoms with Crippen LogP contribution in [0.15, 0.2) is 66.7 Å². The summed E-state index contributed by atoms with van der Waals surface area (Å²) in [5.41, 5.74) is 3.31. The monoisotopic (exact) mass is 596 g/mol. The number of methoxy groups -OCH3 is 1. The first kappa shape index (κ1) is 29.9. The molecule has 1 aliphatic carbocycles. The number of aryl methyl sites for hydroxylation is 2. The molecule has 214 valence electrons. The third kappa shape index (κ3) is 7.77. The van der Waals surface area contributed by atoms with Gasteiger partial charge in [0.2, 0.25) is 5.91 Å².